The van der Waals surface area contributed by atoms with E-state index < -0.39 is 0 Å². The summed E-state index contributed by atoms with van der Waals surface area (Å²) in [5.74, 6) is 4.45. The highest BCUT2D eigenvalue weighted by molar-refractivity contribution is 5.17. The summed E-state index contributed by atoms with van der Waals surface area (Å²) in [5, 5.41) is 4.39. The summed E-state index contributed by atoms with van der Waals surface area (Å²) in [5.41, 5.74) is 6.28. The fraction of sp³-hybridized carbons (Fsp3) is 0.875. The second-order valence-corrected chi connectivity index (χ2v) is 7.96. The van der Waals surface area contributed by atoms with Gasteiger partial charge in [0.15, 0.2) is 5.82 Å². The predicted octanol–water partition coefficient (Wildman–Crippen LogP) is 1.98. The van der Waals surface area contributed by atoms with Gasteiger partial charge in [0.25, 0.3) is 0 Å². The van der Waals surface area contributed by atoms with Gasteiger partial charge in [0.1, 0.15) is 0 Å². The van der Waals surface area contributed by atoms with Crippen molar-refractivity contribution < 1.29 is 9.26 Å². The van der Waals surface area contributed by atoms with Crippen LogP contribution in [0.4, 0.5) is 0 Å². The lowest BCUT2D eigenvalue weighted by Gasteiger charge is -2.55. The van der Waals surface area contributed by atoms with E-state index in [4.69, 9.17) is 20.0 Å². The van der Waals surface area contributed by atoms with Crippen molar-refractivity contribution in [3.8, 4) is 0 Å². The van der Waals surface area contributed by atoms with Crippen molar-refractivity contribution in [1.82, 2.24) is 10.1 Å². The number of hydrogen-bond acceptors (Lipinski definition) is 5. The van der Waals surface area contributed by atoms with E-state index in [2.05, 4.69) is 5.16 Å². The maximum atomic E-state index is 6.07. The van der Waals surface area contributed by atoms with Crippen LogP contribution < -0.4 is 5.73 Å². The van der Waals surface area contributed by atoms with Crippen LogP contribution in [-0.2, 0) is 10.2 Å². The molecular weight excluding hydrogens is 266 g/mol. The summed E-state index contributed by atoms with van der Waals surface area (Å²) in [4.78, 5) is 4.79. The van der Waals surface area contributed by atoms with Crippen LogP contribution in [0.2, 0.25) is 0 Å². The molecule has 1 aromatic heterocycles. The van der Waals surface area contributed by atoms with Crippen molar-refractivity contribution in [3.63, 3.8) is 0 Å². The fourth-order valence-corrected chi connectivity index (χ4v) is 5.81. The Bertz CT molecular complexity index is 520. The maximum Gasteiger partial charge on any atom is 0.233 e. The van der Waals surface area contributed by atoms with E-state index in [-0.39, 0.29) is 17.4 Å². The van der Waals surface area contributed by atoms with Gasteiger partial charge in [-0.15, -0.1) is 0 Å². The van der Waals surface area contributed by atoms with Crippen molar-refractivity contribution in [2.75, 3.05) is 13.2 Å². The number of hydrogen-bond donors (Lipinski definition) is 1. The van der Waals surface area contributed by atoms with Gasteiger partial charge >= 0.3 is 0 Å². The van der Waals surface area contributed by atoms with Gasteiger partial charge in [0.05, 0.1) is 19.1 Å². The minimum absolute atomic E-state index is 0.00494. The predicted molar refractivity (Wildman–Crippen MR) is 75.7 cm³/mol. The topological polar surface area (TPSA) is 74.2 Å². The van der Waals surface area contributed by atoms with Crippen LogP contribution in [0.25, 0.3) is 0 Å². The Morgan fingerprint density at radius 1 is 1.00 bits per heavy atom. The molecule has 2 atom stereocenters. The van der Waals surface area contributed by atoms with Gasteiger partial charge in [0, 0.05) is 11.5 Å². The van der Waals surface area contributed by atoms with Crippen LogP contribution in [-0.4, -0.2) is 29.4 Å². The average Bonchev–Trinajstić information content (AvgIpc) is 3.05. The maximum absolute atomic E-state index is 6.07. The standard InChI is InChI=1S/C16H23N3O2/c17-13-8-20-7-12(13)14-18-15(19-21-14)16-4-9-1-10(5-16)3-11(2-9)6-16/h9-13H,1-8,17H2. The molecule has 5 nitrogen and oxygen atoms in total. The van der Waals surface area contributed by atoms with E-state index in [1.54, 1.807) is 0 Å². The molecule has 2 N–H and O–H groups in total. The molecule has 0 spiro atoms. The SMILES string of the molecule is NC1COCC1c1nc(C23CC4CC(CC(C4)C2)C3)no1. The Kier molecular flexibility index (Phi) is 2.57. The molecule has 114 valence electrons. The summed E-state index contributed by atoms with van der Waals surface area (Å²) >= 11 is 0. The lowest BCUT2D eigenvalue weighted by molar-refractivity contribution is -0.0103. The number of nitrogens with zero attached hydrogens (tertiary/aromatic N) is 2. The smallest absolute Gasteiger partial charge is 0.233 e. The lowest BCUT2D eigenvalue weighted by Crippen LogP contribution is -2.49. The van der Waals surface area contributed by atoms with Crippen molar-refractivity contribution in [2.45, 2.75) is 55.9 Å². The Hall–Kier alpha value is -0.940. The van der Waals surface area contributed by atoms with Crippen LogP contribution in [0.5, 0.6) is 0 Å². The number of ether oxygens (including phenoxy) is 1. The molecular formula is C16H23N3O2. The highest BCUT2D eigenvalue weighted by Gasteiger charge is 2.54. The Morgan fingerprint density at radius 2 is 1.67 bits per heavy atom. The molecule has 0 amide bonds. The minimum atomic E-state index is -0.00494. The van der Waals surface area contributed by atoms with Crippen molar-refractivity contribution in [3.05, 3.63) is 11.7 Å². The number of aromatic nitrogens is 2. The van der Waals surface area contributed by atoms with E-state index >= 15 is 0 Å². The molecule has 6 rings (SSSR count). The third-order valence-corrected chi connectivity index (χ3v) is 6.40. The molecule has 1 saturated heterocycles. The van der Waals surface area contributed by atoms with Gasteiger partial charge in [-0.3, -0.25) is 0 Å². The molecule has 5 heteroatoms. The summed E-state index contributed by atoms with van der Waals surface area (Å²) in [7, 11) is 0. The summed E-state index contributed by atoms with van der Waals surface area (Å²) < 4.78 is 11.0. The third-order valence-electron chi connectivity index (χ3n) is 6.40. The number of nitrogens with two attached hydrogens (primary N) is 1. The molecule has 1 aliphatic heterocycles. The van der Waals surface area contributed by atoms with Crippen molar-refractivity contribution >= 4 is 0 Å². The van der Waals surface area contributed by atoms with E-state index in [0.29, 0.717) is 19.1 Å². The first-order valence-corrected chi connectivity index (χ1v) is 8.39. The van der Waals surface area contributed by atoms with Gasteiger partial charge in [-0.2, -0.15) is 4.98 Å². The zero-order valence-electron chi connectivity index (χ0n) is 12.3. The summed E-state index contributed by atoms with van der Waals surface area (Å²) in [6, 6.07) is -0.00494. The molecule has 5 fully saturated rings. The average molecular weight is 289 g/mol. The molecule has 1 aromatic rings. The first-order chi connectivity index (χ1) is 10.2. The molecule has 4 bridgehead atoms. The van der Waals surface area contributed by atoms with E-state index in [9.17, 15) is 0 Å². The summed E-state index contributed by atoms with van der Waals surface area (Å²) in [6.45, 7) is 1.21. The monoisotopic (exact) mass is 289 g/mol. The normalized spacial score (nSPS) is 48.1. The first kappa shape index (κ1) is 12.6. The molecule has 21 heavy (non-hydrogen) atoms. The molecule has 2 unspecified atom stereocenters. The highest BCUT2D eigenvalue weighted by Crippen LogP contribution is 2.60. The Morgan fingerprint density at radius 3 is 2.24 bits per heavy atom. The van der Waals surface area contributed by atoms with E-state index in [1.165, 1.54) is 38.5 Å². The van der Waals surface area contributed by atoms with Crippen LogP contribution in [0, 0.1) is 17.8 Å². The molecule has 4 aliphatic carbocycles. The molecule has 5 aliphatic rings. The third kappa shape index (κ3) is 1.83. The molecule has 0 aromatic carbocycles. The van der Waals surface area contributed by atoms with E-state index in [1.807, 2.05) is 0 Å². The van der Waals surface area contributed by atoms with Gasteiger partial charge in [0.2, 0.25) is 5.89 Å². The van der Waals surface area contributed by atoms with Gasteiger partial charge in [-0.05, 0) is 56.3 Å². The quantitative estimate of drug-likeness (QED) is 0.901. The second-order valence-electron chi connectivity index (χ2n) is 7.96. The van der Waals surface area contributed by atoms with Crippen LogP contribution in [0.1, 0.15) is 56.2 Å². The van der Waals surface area contributed by atoms with Crippen LogP contribution in [0.15, 0.2) is 4.52 Å². The molecule has 2 heterocycles. The van der Waals surface area contributed by atoms with Crippen molar-refractivity contribution in [1.29, 1.82) is 0 Å². The second kappa shape index (κ2) is 4.29. The fourth-order valence-electron chi connectivity index (χ4n) is 5.81. The van der Waals surface area contributed by atoms with Crippen LogP contribution >= 0.6 is 0 Å². The summed E-state index contributed by atoms with van der Waals surface area (Å²) in [6.07, 6.45) is 8.11. The van der Waals surface area contributed by atoms with Gasteiger partial charge < -0.3 is 15.0 Å². The minimum Gasteiger partial charge on any atom is -0.379 e. The van der Waals surface area contributed by atoms with Gasteiger partial charge in [-0.1, -0.05) is 5.16 Å². The van der Waals surface area contributed by atoms with Crippen molar-refractivity contribution in [2.24, 2.45) is 23.5 Å². The molecule has 0 radical (unpaired) electrons. The zero-order chi connectivity index (χ0) is 14.0. The zero-order valence-corrected chi connectivity index (χ0v) is 12.3. The van der Waals surface area contributed by atoms with Crippen LogP contribution in [0.3, 0.4) is 0 Å². The first-order valence-electron chi connectivity index (χ1n) is 8.39. The van der Waals surface area contributed by atoms with E-state index in [0.717, 1.165) is 23.6 Å². The Balaban J connectivity index is 1.46. The highest BCUT2D eigenvalue weighted by atomic mass is 16.5. The van der Waals surface area contributed by atoms with Gasteiger partial charge in [-0.25, -0.2) is 0 Å². The number of rotatable bonds is 2. The Labute approximate surface area is 124 Å². The molecule has 4 saturated carbocycles. The largest absolute Gasteiger partial charge is 0.379 e. The lowest BCUT2D eigenvalue weighted by atomic mass is 9.49.